The number of aliphatic imine (C=N–C) groups is 1. The molecule has 2 aromatic rings. The number of nitrogens with zero attached hydrogens (tertiary/aromatic N) is 2. The molecule has 0 spiro atoms. The Balaban J connectivity index is 1.96. The van der Waals surface area contributed by atoms with Crippen LogP contribution < -0.4 is 14.4 Å². The van der Waals surface area contributed by atoms with Gasteiger partial charge < -0.3 is 9.47 Å². The molecule has 3 rings (SSSR count). The molecule has 1 heterocycles. The highest BCUT2D eigenvalue weighted by molar-refractivity contribution is 8.14. The molecule has 0 atom stereocenters. The maximum absolute atomic E-state index is 13.0. The van der Waals surface area contributed by atoms with E-state index in [1.807, 2.05) is 31.2 Å². The third-order valence-corrected chi connectivity index (χ3v) is 5.03. The van der Waals surface area contributed by atoms with E-state index in [9.17, 15) is 4.79 Å². The molecule has 0 bridgehead atoms. The molecular formula is C20H19ClN2O3S. The van der Waals surface area contributed by atoms with Crippen LogP contribution in [0.25, 0.3) is 6.08 Å². The minimum absolute atomic E-state index is 0.192. The van der Waals surface area contributed by atoms with Crippen LogP contribution in [0.3, 0.4) is 0 Å². The first-order valence-electron chi connectivity index (χ1n) is 8.32. The third kappa shape index (κ3) is 4.12. The van der Waals surface area contributed by atoms with Gasteiger partial charge in [0.05, 0.1) is 24.9 Å². The molecule has 5 nitrogen and oxygen atoms in total. The fourth-order valence-electron chi connectivity index (χ4n) is 2.60. The van der Waals surface area contributed by atoms with Crippen LogP contribution in [0.5, 0.6) is 11.5 Å². The lowest BCUT2D eigenvalue weighted by atomic mass is 10.2. The second-order valence-corrected chi connectivity index (χ2v) is 7.23. The highest BCUT2D eigenvalue weighted by Crippen LogP contribution is 2.34. The lowest BCUT2D eigenvalue weighted by Gasteiger charge is -2.18. The van der Waals surface area contributed by atoms with E-state index in [1.165, 1.54) is 11.8 Å². The first kappa shape index (κ1) is 19.3. The summed E-state index contributed by atoms with van der Waals surface area (Å²) in [6, 6.07) is 12.7. The first-order valence-corrected chi connectivity index (χ1v) is 9.69. The number of hydrogen-bond acceptors (Lipinski definition) is 5. The zero-order chi connectivity index (χ0) is 19.4. The van der Waals surface area contributed by atoms with Crippen molar-refractivity contribution in [3.05, 3.63) is 58.7 Å². The Morgan fingerprint density at radius 1 is 1.15 bits per heavy atom. The van der Waals surface area contributed by atoms with Gasteiger partial charge in [0.2, 0.25) is 0 Å². The number of ether oxygens (including phenoxy) is 2. The van der Waals surface area contributed by atoms with Crippen molar-refractivity contribution >= 4 is 46.2 Å². The van der Waals surface area contributed by atoms with Crippen molar-refractivity contribution in [2.45, 2.75) is 6.92 Å². The number of rotatable bonds is 5. The molecule has 0 saturated carbocycles. The summed E-state index contributed by atoms with van der Waals surface area (Å²) in [6.45, 7) is 2.02. The number of anilines is 1. The largest absolute Gasteiger partial charge is 0.497 e. The van der Waals surface area contributed by atoms with Crippen molar-refractivity contribution in [3.8, 4) is 11.5 Å². The summed E-state index contributed by atoms with van der Waals surface area (Å²) in [5, 5.41) is 1.07. The molecule has 1 amide bonds. The van der Waals surface area contributed by atoms with Gasteiger partial charge in [-0.2, -0.15) is 0 Å². The molecule has 140 valence electrons. The average molecular weight is 403 g/mol. The predicted molar refractivity (Wildman–Crippen MR) is 112 cm³/mol. The number of amidine groups is 1. The number of thioether (sulfide) groups is 1. The summed E-state index contributed by atoms with van der Waals surface area (Å²) < 4.78 is 10.4. The highest BCUT2D eigenvalue weighted by Gasteiger charge is 2.32. The molecule has 0 unspecified atom stereocenters. The van der Waals surface area contributed by atoms with Gasteiger partial charge in [0.1, 0.15) is 17.2 Å². The van der Waals surface area contributed by atoms with E-state index in [2.05, 4.69) is 4.99 Å². The molecule has 27 heavy (non-hydrogen) atoms. The number of hydrogen-bond donors (Lipinski definition) is 0. The van der Waals surface area contributed by atoms with Crippen LogP contribution in [-0.4, -0.2) is 31.0 Å². The minimum Gasteiger partial charge on any atom is -0.497 e. The minimum atomic E-state index is -0.192. The molecule has 1 aliphatic rings. The van der Waals surface area contributed by atoms with Crippen LogP contribution in [0.4, 0.5) is 5.69 Å². The molecule has 0 N–H and O–H groups in total. The zero-order valence-corrected chi connectivity index (χ0v) is 16.8. The fraction of sp³-hybridized carbons (Fsp3) is 0.200. The molecule has 0 fully saturated rings. The van der Waals surface area contributed by atoms with E-state index in [0.29, 0.717) is 27.3 Å². The van der Waals surface area contributed by atoms with Crippen molar-refractivity contribution in [2.75, 3.05) is 24.9 Å². The maximum Gasteiger partial charge on any atom is 0.283 e. The summed E-state index contributed by atoms with van der Waals surface area (Å²) in [5.74, 6) is 1.92. The van der Waals surface area contributed by atoms with E-state index in [1.54, 1.807) is 43.4 Å². The van der Waals surface area contributed by atoms with Gasteiger partial charge in [-0.05, 0) is 47.7 Å². The average Bonchev–Trinajstić information content (AvgIpc) is 2.97. The third-order valence-electron chi connectivity index (χ3n) is 3.92. The van der Waals surface area contributed by atoms with Crippen molar-refractivity contribution in [2.24, 2.45) is 4.99 Å². The Morgan fingerprint density at radius 3 is 2.48 bits per heavy atom. The normalized spacial score (nSPS) is 15.3. The van der Waals surface area contributed by atoms with E-state index in [0.717, 1.165) is 17.1 Å². The van der Waals surface area contributed by atoms with Crippen molar-refractivity contribution < 1.29 is 14.3 Å². The topological polar surface area (TPSA) is 51.1 Å². The highest BCUT2D eigenvalue weighted by atomic mass is 35.5. The number of carbonyl (C=O) groups excluding carboxylic acids is 1. The lowest BCUT2D eigenvalue weighted by molar-refractivity contribution is -0.113. The number of halogens is 1. The van der Waals surface area contributed by atoms with Gasteiger partial charge in [0.15, 0.2) is 5.17 Å². The molecule has 0 saturated heterocycles. The lowest BCUT2D eigenvalue weighted by Crippen LogP contribution is -2.30. The standard InChI is InChI=1S/C20H19ClN2O3S/c1-4-27-20-22-17(11-13-5-8-15(25-2)9-6-13)19(24)23(20)14-7-10-18(26-3)16(21)12-14/h5-12H,4H2,1-3H3. The zero-order valence-electron chi connectivity index (χ0n) is 15.2. The summed E-state index contributed by atoms with van der Waals surface area (Å²) in [6.07, 6.45) is 1.77. The Labute approximate surface area is 167 Å². The molecule has 0 aliphatic carbocycles. The Kier molecular flexibility index (Phi) is 6.08. The van der Waals surface area contributed by atoms with Gasteiger partial charge in [-0.15, -0.1) is 0 Å². The monoisotopic (exact) mass is 402 g/mol. The van der Waals surface area contributed by atoms with Crippen molar-refractivity contribution in [3.63, 3.8) is 0 Å². The van der Waals surface area contributed by atoms with Gasteiger partial charge in [-0.3, -0.25) is 9.69 Å². The van der Waals surface area contributed by atoms with Gasteiger partial charge in [0.25, 0.3) is 5.91 Å². The maximum atomic E-state index is 13.0. The number of carbonyl (C=O) groups is 1. The first-order chi connectivity index (χ1) is 13.1. The van der Waals surface area contributed by atoms with E-state index >= 15 is 0 Å². The second-order valence-electron chi connectivity index (χ2n) is 5.59. The Bertz CT molecular complexity index is 910. The molecule has 2 aromatic carbocycles. The van der Waals surface area contributed by atoms with Crippen LogP contribution in [0.2, 0.25) is 5.02 Å². The van der Waals surface area contributed by atoms with Gasteiger partial charge in [-0.25, -0.2) is 4.99 Å². The quantitative estimate of drug-likeness (QED) is 0.670. The Morgan fingerprint density at radius 2 is 1.89 bits per heavy atom. The fourth-order valence-corrected chi connectivity index (χ4v) is 3.59. The van der Waals surface area contributed by atoms with Crippen LogP contribution in [-0.2, 0) is 4.79 Å². The molecule has 1 aliphatic heterocycles. The smallest absolute Gasteiger partial charge is 0.283 e. The van der Waals surface area contributed by atoms with Crippen LogP contribution in [0, 0.1) is 0 Å². The molecule has 7 heteroatoms. The predicted octanol–water partition coefficient (Wildman–Crippen LogP) is 4.85. The van der Waals surface area contributed by atoms with Gasteiger partial charge >= 0.3 is 0 Å². The summed E-state index contributed by atoms with van der Waals surface area (Å²) in [5.41, 5.74) is 1.91. The van der Waals surface area contributed by atoms with Crippen molar-refractivity contribution in [1.29, 1.82) is 0 Å². The molecular weight excluding hydrogens is 384 g/mol. The molecule has 0 aromatic heterocycles. The number of methoxy groups -OCH3 is 2. The van der Waals surface area contributed by atoms with Crippen molar-refractivity contribution in [1.82, 2.24) is 0 Å². The van der Waals surface area contributed by atoms with Gasteiger partial charge in [0, 0.05) is 0 Å². The van der Waals surface area contributed by atoms with Crippen LogP contribution in [0.1, 0.15) is 12.5 Å². The SMILES string of the molecule is CCSC1=NC(=Cc2ccc(OC)cc2)C(=O)N1c1ccc(OC)c(Cl)c1. The van der Waals surface area contributed by atoms with Crippen LogP contribution in [0.15, 0.2) is 53.2 Å². The van der Waals surface area contributed by atoms with E-state index in [4.69, 9.17) is 21.1 Å². The number of benzene rings is 2. The number of amides is 1. The summed E-state index contributed by atoms with van der Waals surface area (Å²) in [7, 11) is 3.17. The van der Waals surface area contributed by atoms with Crippen LogP contribution >= 0.6 is 23.4 Å². The Hall–Kier alpha value is -2.44. The van der Waals surface area contributed by atoms with E-state index in [-0.39, 0.29) is 5.91 Å². The summed E-state index contributed by atoms with van der Waals surface area (Å²) >= 11 is 7.74. The second kappa shape index (κ2) is 8.50. The summed E-state index contributed by atoms with van der Waals surface area (Å²) in [4.78, 5) is 19.1. The van der Waals surface area contributed by atoms with E-state index < -0.39 is 0 Å². The van der Waals surface area contributed by atoms with Gasteiger partial charge in [-0.1, -0.05) is 42.4 Å². The molecule has 0 radical (unpaired) electrons.